The van der Waals surface area contributed by atoms with Crippen molar-refractivity contribution in [2.24, 2.45) is 11.1 Å². The lowest BCUT2D eigenvalue weighted by molar-refractivity contribution is -0.130. The Morgan fingerprint density at radius 2 is 1.83 bits per heavy atom. The average Bonchev–Trinajstić information content (AvgIpc) is 2.76. The molecule has 3 N–H and O–H groups in total. The maximum absolute atomic E-state index is 12.3. The van der Waals surface area contributed by atoms with Gasteiger partial charge in [-0.15, -0.1) is 0 Å². The second kappa shape index (κ2) is 9.91. The molecule has 0 aliphatic carbocycles. The SMILES string of the molecule is CC(=O)N1CCC(CCC(=NO)c2ccc(NC(=O)c3ccccc3)cc2O)CC1. The van der Waals surface area contributed by atoms with Crippen molar-refractivity contribution in [3.8, 4) is 5.75 Å². The topological polar surface area (TPSA) is 102 Å². The van der Waals surface area contributed by atoms with Gasteiger partial charge in [0.2, 0.25) is 5.91 Å². The number of likely N-dealkylation sites (tertiary alicyclic amines) is 1. The number of amides is 2. The van der Waals surface area contributed by atoms with Crippen molar-refractivity contribution >= 4 is 23.2 Å². The van der Waals surface area contributed by atoms with Crippen molar-refractivity contribution in [1.29, 1.82) is 0 Å². The zero-order chi connectivity index (χ0) is 21.5. The van der Waals surface area contributed by atoms with Gasteiger partial charge in [-0.05, 0) is 55.9 Å². The number of benzene rings is 2. The molecule has 0 aromatic heterocycles. The molecular formula is C23H27N3O4. The Labute approximate surface area is 176 Å². The third-order valence-electron chi connectivity index (χ3n) is 5.57. The van der Waals surface area contributed by atoms with Gasteiger partial charge in [0.1, 0.15) is 5.75 Å². The van der Waals surface area contributed by atoms with E-state index in [0.29, 0.717) is 34.9 Å². The number of nitrogens with one attached hydrogen (secondary N) is 1. The van der Waals surface area contributed by atoms with E-state index < -0.39 is 0 Å². The number of phenols is 1. The van der Waals surface area contributed by atoms with Gasteiger partial charge >= 0.3 is 0 Å². The van der Waals surface area contributed by atoms with Gasteiger partial charge in [-0.1, -0.05) is 23.4 Å². The second-order valence-corrected chi connectivity index (χ2v) is 7.59. The maximum Gasteiger partial charge on any atom is 0.255 e. The van der Waals surface area contributed by atoms with E-state index in [9.17, 15) is 19.9 Å². The zero-order valence-electron chi connectivity index (χ0n) is 17.0. The minimum atomic E-state index is -0.268. The van der Waals surface area contributed by atoms with Gasteiger partial charge in [0, 0.05) is 42.9 Å². The molecule has 2 amide bonds. The lowest BCUT2D eigenvalue weighted by atomic mass is 9.90. The third kappa shape index (κ3) is 5.37. The Morgan fingerprint density at radius 1 is 1.13 bits per heavy atom. The number of oxime groups is 1. The molecule has 1 aliphatic rings. The molecule has 1 saturated heterocycles. The maximum atomic E-state index is 12.3. The number of phenolic OH excluding ortho intramolecular Hbond substituents is 1. The average molecular weight is 409 g/mol. The summed E-state index contributed by atoms with van der Waals surface area (Å²) >= 11 is 0. The molecular weight excluding hydrogens is 382 g/mol. The van der Waals surface area contributed by atoms with Crippen LogP contribution in [0.1, 0.15) is 48.5 Å². The number of aromatic hydroxyl groups is 1. The van der Waals surface area contributed by atoms with Crippen LogP contribution in [-0.4, -0.2) is 45.8 Å². The van der Waals surface area contributed by atoms with Crippen LogP contribution in [0.25, 0.3) is 0 Å². The van der Waals surface area contributed by atoms with Gasteiger partial charge < -0.3 is 20.5 Å². The Hall–Kier alpha value is -3.35. The molecule has 7 nitrogen and oxygen atoms in total. The standard InChI is InChI=1S/C23H27N3O4/c1-16(27)26-13-11-17(12-14-26)7-10-21(25-30)20-9-8-19(15-22(20)28)24-23(29)18-5-3-2-4-6-18/h2-6,8-9,15,17,28,30H,7,10-14H2,1H3,(H,24,29). The molecule has 0 unspecified atom stereocenters. The molecule has 1 heterocycles. The molecule has 158 valence electrons. The van der Waals surface area contributed by atoms with E-state index in [0.717, 1.165) is 32.4 Å². The number of hydrogen-bond donors (Lipinski definition) is 3. The highest BCUT2D eigenvalue weighted by atomic mass is 16.4. The fourth-order valence-electron chi connectivity index (χ4n) is 3.76. The van der Waals surface area contributed by atoms with E-state index in [1.54, 1.807) is 43.3 Å². The molecule has 0 radical (unpaired) electrons. The van der Waals surface area contributed by atoms with Crippen LogP contribution in [0.5, 0.6) is 5.75 Å². The Morgan fingerprint density at radius 3 is 2.43 bits per heavy atom. The van der Waals surface area contributed by atoms with Crippen LogP contribution in [0.4, 0.5) is 5.69 Å². The van der Waals surface area contributed by atoms with E-state index in [-0.39, 0.29) is 17.6 Å². The number of rotatable bonds is 6. The molecule has 0 bridgehead atoms. The predicted molar refractivity (Wildman–Crippen MR) is 115 cm³/mol. The van der Waals surface area contributed by atoms with E-state index in [2.05, 4.69) is 10.5 Å². The quantitative estimate of drug-likeness (QED) is 0.383. The van der Waals surface area contributed by atoms with Gasteiger partial charge in [-0.25, -0.2) is 0 Å². The zero-order valence-corrected chi connectivity index (χ0v) is 17.0. The van der Waals surface area contributed by atoms with Crippen LogP contribution in [-0.2, 0) is 4.79 Å². The highest BCUT2D eigenvalue weighted by Crippen LogP contribution is 2.27. The molecule has 0 atom stereocenters. The minimum absolute atomic E-state index is 0.0555. The van der Waals surface area contributed by atoms with Crippen LogP contribution in [0, 0.1) is 5.92 Å². The van der Waals surface area contributed by atoms with Crippen molar-refractivity contribution in [3.05, 3.63) is 59.7 Å². The van der Waals surface area contributed by atoms with Gasteiger partial charge in [0.25, 0.3) is 5.91 Å². The largest absolute Gasteiger partial charge is 0.507 e. The van der Waals surface area contributed by atoms with Crippen LogP contribution in [0.15, 0.2) is 53.7 Å². The molecule has 2 aromatic carbocycles. The van der Waals surface area contributed by atoms with Crippen LogP contribution >= 0.6 is 0 Å². The van der Waals surface area contributed by atoms with Crippen molar-refractivity contribution in [2.75, 3.05) is 18.4 Å². The lowest BCUT2D eigenvalue weighted by Crippen LogP contribution is -2.37. The number of nitrogens with zero attached hydrogens (tertiary/aromatic N) is 2. The first-order chi connectivity index (χ1) is 14.5. The lowest BCUT2D eigenvalue weighted by Gasteiger charge is -2.31. The number of carbonyl (C=O) groups is 2. The number of anilines is 1. The molecule has 1 fully saturated rings. The van der Waals surface area contributed by atoms with E-state index in [4.69, 9.17) is 0 Å². The van der Waals surface area contributed by atoms with Gasteiger partial charge in [-0.3, -0.25) is 9.59 Å². The monoisotopic (exact) mass is 409 g/mol. The molecule has 1 aliphatic heterocycles. The number of hydrogen-bond acceptors (Lipinski definition) is 5. The molecule has 0 saturated carbocycles. The Bertz CT molecular complexity index is 919. The molecule has 2 aromatic rings. The summed E-state index contributed by atoms with van der Waals surface area (Å²) in [5.41, 5.74) is 1.83. The summed E-state index contributed by atoms with van der Waals surface area (Å²) in [5.74, 6) is 0.232. The van der Waals surface area contributed by atoms with Crippen molar-refractivity contribution in [3.63, 3.8) is 0 Å². The number of piperidine rings is 1. The summed E-state index contributed by atoms with van der Waals surface area (Å²) in [7, 11) is 0. The Kier molecular flexibility index (Phi) is 7.06. The van der Waals surface area contributed by atoms with E-state index in [1.165, 1.54) is 6.07 Å². The molecule has 30 heavy (non-hydrogen) atoms. The summed E-state index contributed by atoms with van der Waals surface area (Å²) in [4.78, 5) is 25.6. The first-order valence-electron chi connectivity index (χ1n) is 10.1. The molecule has 3 rings (SSSR count). The third-order valence-corrected chi connectivity index (χ3v) is 5.57. The molecule has 7 heteroatoms. The van der Waals surface area contributed by atoms with Crippen molar-refractivity contribution < 1.29 is 19.9 Å². The minimum Gasteiger partial charge on any atom is -0.507 e. The summed E-state index contributed by atoms with van der Waals surface area (Å²) in [5, 5.41) is 26.0. The highest BCUT2D eigenvalue weighted by molar-refractivity contribution is 6.06. The highest BCUT2D eigenvalue weighted by Gasteiger charge is 2.22. The summed E-state index contributed by atoms with van der Waals surface area (Å²) in [6, 6.07) is 13.6. The van der Waals surface area contributed by atoms with E-state index >= 15 is 0 Å². The molecule has 0 spiro atoms. The normalized spacial score (nSPS) is 15.1. The first-order valence-corrected chi connectivity index (χ1v) is 10.1. The summed E-state index contributed by atoms with van der Waals surface area (Å²) in [6.45, 7) is 3.10. The fourth-order valence-corrected chi connectivity index (χ4v) is 3.76. The van der Waals surface area contributed by atoms with Crippen molar-refractivity contribution in [2.45, 2.75) is 32.6 Å². The van der Waals surface area contributed by atoms with Crippen LogP contribution in [0.2, 0.25) is 0 Å². The summed E-state index contributed by atoms with van der Waals surface area (Å²) in [6.07, 6.45) is 3.19. The van der Waals surface area contributed by atoms with E-state index in [1.807, 2.05) is 11.0 Å². The predicted octanol–water partition coefficient (Wildman–Crippen LogP) is 3.86. The van der Waals surface area contributed by atoms with Crippen LogP contribution in [0.3, 0.4) is 0 Å². The van der Waals surface area contributed by atoms with Gasteiger partial charge in [0.15, 0.2) is 0 Å². The second-order valence-electron chi connectivity index (χ2n) is 7.59. The Balaban J connectivity index is 1.59. The smallest absolute Gasteiger partial charge is 0.255 e. The van der Waals surface area contributed by atoms with Crippen molar-refractivity contribution in [1.82, 2.24) is 4.90 Å². The first kappa shape index (κ1) is 21.4. The fraction of sp³-hybridized carbons (Fsp3) is 0.348. The number of carbonyl (C=O) groups excluding carboxylic acids is 2. The van der Waals surface area contributed by atoms with Gasteiger partial charge in [-0.2, -0.15) is 0 Å². The van der Waals surface area contributed by atoms with Gasteiger partial charge in [0.05, 0.1) is 5.71 Å². The summed E-state index contributed by atoms with van der Waals surface area (Å²) < 4.78 is 0. The van der Waals surface area contributed by atoms with Crippen LogP contribution < -0.4 is 5.32 Å².